The van der Waals surface area contributed by atoms with Crippen LogP contribution in [0.25, 0.3) is 15.3 Å². The van der Waals surface area contributed by atoms with Crippen molar-refractivity contribution in [2.75, 3.05) is 18.2 Å². The van der Waals surface area contributed by atoms with Crippen LogP contribution in [0.3, 0.4) is 0 Å². The summed E-state index contributed by atoms with van der Waals surface area (Å²) in [6.45, 7) is 4.28. The first-order valence-electron chi connectivity index (χ1n) is 9.47. The molecule has 2 heterocycles. The van der Waals surface area contributed by atoms with Gasteiger partial charge in [-0.3, -0.25) is 4.79 Å². The van der Waals surface area contributed by atoms with Crippen LogP contribution in [0.1, 0.15) is 23.0 Å². The van der Waals surface area contributed by atoms with Crippen molar-refractivity contribution in [3.63, 3.8) is 0 Å². The number of ether oxygens (including phenoxy) is 1. The molecule has 0 radical (unpaired) electrons. The lowest BCUT2D eigenvalue weighted by Crippen LogP contribution is -2.15. The SMILES string of the molecule is CCOc1cccc2sc(-n3nc(C)cc3NC(=O)c3ccc(S(C)(=O)=O)cc3)nc12. The first-order valence-corrected chi connectivity index (χ1v) is 12.2. The summed E-state index contributed by atoms with van der Waals surface area (Å²) < 4.78 is 31.4. The highest BCUT2D eigenvalue weighted by Crippen LogP contribution is 2.32. The molecule has 1 amide bonds. The molecule has 1 N–H and O–H groups in total. The Morgan fingerprint density at radius 2 is 1.94 bits per heavy atom. The Hall–Kier alpha value is -3.24. The highest BCUT2D eigenvalue weighted by atomic mass is 32.2. The Balaban J connectivity index is 1.66. The topological polar surface area (TPSA) is 103 Å². The zero-order chi connectivity index (χ0) is 22.2. The summed E-state index contributed by atoms with van der Waals surface area (Å²) in [6.07, 6.45) is 1.12. The fourth-order valence-electron chi connectivity index (χ4n) is 3.05. The molecule has 0 spiro atoms. The standard InChI is InChI=1S/C21H20N4O4S2/c1-4-29-16-6-5-7-17-19(16)23-21(30-17)25-18(12-13(2)24-25)22-20(26)14-8-10-15(11-9-14)31(3,27)28/h5-12H,4H2,1-3H3,(H,22,26). The number of para-hydroxylation sites is 1. The zero-order valence-electron chi connectivity index (χ0n) is 17.1. The first-order chi connectivity index (χ1) is 14.8. The summed E-state index contributed by atoms with van der Waals surface area (Å²) in [4.78, 5) is 17.6. The van der Waals surface area contributed by atoms with Crippen molar-refractivity contribution < 1.29 is 17.9 Å². The second-order valence-corrected chi connectivity index (χ2v) is 9.89. The van der Waals surface area contributed by atoms with Gasteiger partial charge >= 0.3 is 0 Å². The lowest BCUT2D eigenvalue weighted by molar-refractivity contribution is 0.102. The number of aromatic nitrogens is 3. The number of anilines is 1. The van der Waals surface area contributed by atoms with Crippen LogP contribution in [0.4, 0.5) is 5.82 Å². The van der Waals surface area contributed by atoms with Crippen LogP contribution in [0.5, 0.6) is 5.75 Å². The number of nitrogens with zero attached hydrogens (tertiary/aromatic N) is 3. The van der Waals surface area contributed by atoms with Crippen LogP contribution >= 0.6 is 11.3 Å². The molecule has 160 valence electrons. The maximum Gasteiger partial charge on any atom is 0.256 e. The molecule has 0 unspecified atom stereocenters. The smallest absolute Gasteiger partial charge is 0.256 e. The molecule has 8 nitrogen and oxygen atoms in total. The molecular weight excluding hydrogens is 436 g/mol. The monoisotopic (exact) mass is 456 g/mol. The third kappa shape index (κ3) is 4.30. The van der Waals surface area contributed by atoms with Gasteiger partial charge in [-0.25, -0.2) is 13.4 Å². The number of aryl methyl sites for hydroxylation is 1. The molecule has 0 saturated heterocycles. The molecule has 0 aliphatic rings. The van der Waals surface area contributed by atoms with Gasteiger partial charge in [0.25, 0.3) is 5.91 Å². The summed E-state index contributed by atoms with van der Waals surface area (Å²) in [7, 11) is -3.33. The first kappa shape index (κ1) is 21.0. The van der Waals surface area contributed by atoms with Crippen LogP contribution in [0, 0.1) is 6.92 Å². The number of amides is 1. The fourth-order valence-corrected chi connectivity index (χ4v) is 4.63. The van der Waals surface area contributed by atoms with E-state index in [-0.39, 0.29) is 10.8 Å². The number of thiazole rings is 1. The van der Waals surface area contributed by atoms with Crippen molar-refractivity contribution in [2.24, 2.45) is 0 Å². The quantitative estimate of drug-likeness (QED) is 0.473. The Kier molecular flexibility index (Phi) is 5.50. The van der Waals surface area contributed by atoms with E-state index in [0.717, 1.165) is 16.5 Å². The van der Waals surface area contributed by atoms with Crippen LogP contribution in [-0.4, -0.2) is 42.0 Å². The average molecular weight is 457 g/mol. The van der Waals surface area contributed by atoms with E-state index in [2.05, 4.69) is 15.4 Å². The average Bonchev–Trinajstić information content (AvgIpc) is 3.31. The van der Waals surface area contributed by atoms with E-state index in [4.69, 9.17) is 4.74 Å². The van der Waals surface area contributed by atoms with Gasteiger partial charge in [-0.2, -0.15) is 9.78 Å². The lowest BCUT2D eigenvalue weighted by atomic mass is 10.2. The van der Waals surface area contributed by atoms with Gasteiger partial charge in [0.05, 0.1) is 21.9 Å². The lowest BCUT2D eigenvalue weighted by Gasteiger charge is -2.07. The van der Waals surface area contributed by atoms with Crippen molar-refractivity contribution in [1.29, 1.82) is 0 Å². The van der Waals surface area contributed by atoms with Crippen LogP contribution < -0.4 is 10.1 Å². The largest absolute Gasteiger partial charge is 0.492 e. The molecule has 10 heteroatoms. The third-order valence-electron chi connectivity index (χ3n) is 4.47. The van der Waals surface area contributed by atoms with E-state index in [1.165, 1.54) is 35.6 Å². The summed E-state index contributed by atoms with van der Waals surface area (Å²) in [5.74, 6) is 0.784. The summed E-state index contributed by atoms with van der Waals surface area (Å²) in [5.41, 5.74) is 1.79. The molecule has 4 aromatic rings. The number of carbonyl (C=O) groups excluding carboxylic acids is 1. The summed E-state index contributed by atoms with van der Waals surface area (Å²) in [6, 6.07) is 13.3. The predicted octanol–water partition coefficient (Wildman–Crippen LogP) is 3.84. The number of hydrogen-bond donors (Lipinski definition) is 1. The highest BCUT2D eigenvalue weighted by molar-refractivity contribution is 7.90. The Morgan fingerprint density at radius 1 is 1.19 bits per heavy atom. The maximum atomic E-state index is 12.7. The highest BCUT2D eigenvalue weighted by Gasteiger charge is 2.17. The Bertz CT molecular complexity index is 1370. The third-order valence-corrected chi connectivity index (χ3v) is 6.59. The molecule has 2 aromatic heterocycles. The number of rotatable bonds is 6. The van der Waals surface area contributed by atoms with Gasteiger partial charge in [0.2, 0.25) is 5.13 Å². The molecule has 2 aromatic carbocycles. The van der Waals surface area contributed by atoms with Gasteiger partial charge in [0.1, 0.15) is 17.1 Å². The number of hydrogen-bond acceptors (Lipinski definition) is 7. The van der Waals surface area contributed by atoms with Gasteiger partial charge in [0, 0.05) is 17.9 Å². The summed E-state index contributed by atoms with van der Waals surface area (Å²) in [5, 5.41) is 7.91. The Labute approximate surface area is 183 Å². The van der Waals surface area contributed by atoms with Gasteiger partial charge < -0.3 is 10.1 Å². The van der Waals surface area contributed by atoms with E-state index in [1.807, 2.05) is 32.0 Å². The van der Waals surface area contributed by atoms with Gasteiger partial charge in [-0.15, -0.1) is 0 Å². The molecule has 0 atom stereocenters. The van der Waals surface area contributed by atoms with E-state index in [9.17, 15) is 13.2 Å². The van der Waals surface area contributed by atoms with Crippen molar-refractivity contribution in [2.45, 2.75) is 18.7 Å². The van der Waals surface area contributed by atoms with Crippen molar-refractivity contribution >= 4 is 43.1 Å². The summed E-state index contributed by atoms with van der Waals surface area (Å²) >= 11 is 1.44. The normalized spacial score (nSPS) is 11.6. The molecule has 0 saturated carbocycles. The minimum absolute atomic E-state index is 0.157. The minimum atomic E-state index is -3.33. The van der Waals surface area contributed by atoms with Crippen LogP contribution in [0.15, 0.2) is 53.4 Å². The molecule has 4 rings (SSSR count). The van der Waals surface area contributed by atoms with Crippen LogP contribution in [0.2, 0.25) is 0 Å². The number of benzene rings is 2. The second-order valence-electron chi connectivity index (χ2n) is 6.87. The van der Waals surface area contributed by atoms with Crippen molar-refractivity contribution in [3.8, 4) is 10.9 Å². The predicted molar refractivity (Wildman–Crippen MR) is 120 cm³/mol. The zero-order valence-corrected chi connectivity index (χ0v) is 18.8. The molecular formula is C21H20N4O4S2. The number of fused-ring (bicyclic) bond motifs is 1. The van der Waals surface area contributed by atoms with Crippen molar-refractivity contribution in [3.05, 3.63) is 59.8 Å². The molecule has 0 aliphatic heterocycles. The number of nitrogens with one attached hydrogen (secondary N) is 1. The van der Waals surface area contributed by atoms with E-state index in [0.29, 0.717) is 34.6 Å². The minimum Gasteiger partial charge on any atom is -0.492 e. The van der Waals surface area contributed by atoms with Gasteiger partial charge in [-0.1, -0.05) is 17.4 Å². The van der Waals surface area contributed by atoms with Gasteiger partial charge in [0.15, 0.2) is 9.84 Å². The fraction of sp³-hybridized carbons (Fsp3) is 0.190. The van der Waals surface area contributed by atoms with Crippen molar-refractivity contribution in [1.82, 2.24) is 14.8 Å². The second kappa shape index (κ2) is 8.12. The van der Waals surface area contributed by atoms with Gasteiger partial charge in [-0.05, 0) is 50.2 Å². The molecule has 31 heavy (non-hydrogen) atoms. The number of carbonyl (C=O) groups is 1. The molecule has 0 bridgehead atoms. The number of sulfone groups is 1. The maximum absolute atomic E-state index is 12.7. The Morgan fingerprint density at radius 3 is 2.61 bits per heavy atom. The van der Waals surface area contributed by atoms with E-state index in [1.54, 1.807) is 10.7 Å². The van der Waals surface area contributed by atoms with Crippen LogP contribution in [-0.2, 0) is 9.84 Å². The van der Waals surface area contributed by atoms with E-state index >= 15 is 0 Å². The molecule has 0 fully saturated rings. The van der Waals surface area contributed by atoms with E-state index < -0.39 is 9.84 Å². The molecule has 0 aliphatic carbocycles.